The minimum atomic E-state index is 0.519. The molecule has 0 unspecified atom stereocenters. The van der Waals surface area contributed by atoms with Crippen LogP contribution >= 0.6 is 12.6 Å². The molecule has 0 aromatic heterocycles. The van der Waals surface area contributed by atoms with E-state index in [1.54, 1.807) is 0 Å². The van der Waals surface area contributed by atoms with Crippen LogP contribution < -0.4 is 10.9 Å². The SMILES string of the molecule is SC1CNNC1. The van der Waals surface area contributed by atoms with E-state index in [9.17, 15) is 0 Å². The highest BCUT2D eigenvalue weighted by Crippen LogP contribution is 1.92. The summed E-state index contributed by atoms with van der Waals surface area (Å²) in [5.74, 6) is 0. The van der Waals surface area contributed by atoms with Gasteiger partial charge < -0.3 is 0 Å². The Labute approximate surface area is 42.7 Å². The summed E-state index contributed by atoms with van der Waals surface area (Å²) in [7, 11) is 0. The molecule has 1 heterocycles. The van der Waals surface area contributed by atoms with Crippen molar-refractivity contribution < 1.29 is 0 Å². The second-order valence-corrected chi connectivity index (χ2v) is 2.15. The van der Waals surface area contributed by atoms with Crippen molar-refractivity contribution >= 4 is 12.6 Å². The maximum atomic E-state index is 4.17. The molecular formula is C3H8N2S. The van der Waals surface area contributed by atoms with Crippen LogP contribution in [0.15, 0.2) is 0 Å². The lowest BCUT2D eigenvalue weighted by Crippen LogP contribution is -2.21. The molecule has 2 nitrogen and oxygen atoms in total. The molecule has 3 heteroatoms. The van der Waals surface area contributed by atoms with Crippen LogP contribution in [0.5, 0.6) is 0 Å². The zero-order valence-electron chi connectivity index (χ0n) is 3.44. The number of thiol groups is 1. The van der Waals surface area contributed by atoms with Crippen molar-refractivity contribution in [3.63, 3.8) is 0 Å². The molecule has 0 atom stereocenters. The number of hydrogen-bond acceptors (Lipinski definition) is 3. The average molecular weight is 104 g/mol. The molecule has 0 bridgehead atoms. The number of rotatable bonds is 0. The summed E-state index contributed by atoms with van der Waals surface area (Å²) in [5.41, 5.74) is 5.89. The average Bonchev–Trinajstić information content (AvgIpc) is 1.86. The van der Waals surface area contributed by atoms with Gasteiger partial charge in [0.2, 0.25) is 0 Å². The minimum Gasteiger partial charge on any atom is -0.257 e. The zero-order valence-corrected chi connectivity index (χ0v) is 4.33. The number of hydrazine groups is 1. The number of hydrogen-bond donors (Lipinski definition) is 3. The molecule has 0 amide bonds. The van der Waals surface area contributed by atoms with Crippen molar-refractivity contribution in [3.05, 3.63) is 0 Å². The van der Waals surface area contributed by atoms with Gasteiger partial charge in [0.05, 0.1) is 0 Å². The number of nitrogens with one attached hydrogen (secondary N) is 2. The van der Waals surface area contributed by atoms with E-state index in [-0.39, 0.29) is 0 Å². The minimum absolute atomic E-state index is 0.519. The van der Waals surface area contributed by atoms with Crippen molar-refractivity contribution in [2.75, 3.05) is 13.1 Å². The topological polar surface area (TPSA) is 24.1 Å². The third-order valence-corrected chi connectivity index (χ3v) is 1.17. The predicted octanol–water partition coefficient (Wildman–Crippen LogP) is -0.607. The molecule has 6 heavy (non-hydrogen) atoms. The lowest BCUT2D eigenvalue weighted by Gasteiger charge is -1.88. The Bertz CT molecular complexity index is 42.1. The Hall–Kier alpha value is 0.270. The van der Waals surface area contributed by atoms with Crippen LogP contribution in [0.3, 0.4) is 0 Å². The van der Waals surface area contributed by atoms with E-state index in [0.29, 0.717) is 5.25 Å². The van der Waals surface area contributed by atoms with Gasteiger partial charge in [0.25, 0.3) is 0 Å². The van der Waals surface area contributed by atoms with Crippen molar-refractivity contribution in [2.45, 2.75) is 5.25 Å². The smallest absolute Gasteiger partial charge is 0.0294 e. The van der Waals surface area contributed by atoms with Crippen LogP contribution in [0, 0.1) is 0 Å². The molecule has 1 rings (SSSR count). The highest BCUT2D eigenvalue weighted by atomic mass is 32.1. The highest BCUT2D eigenvalue weighted by Gasteiger charge is 2.06. The molecule has 1 aliphatic heterocycles. The van der Waals surface area contributed by atoms with Crippen molar-refractivity contribution in [1.82, 2.24) is 10.9 Å². The van der Waals surface area contributed by atoms with Gasteiger partial charge in [0, 0.05) is 18.3 Å². The van der Waals surface area contributed by atoms with Crippen LogP contribution in [0.2, 0.25) is 0 Å². The maximum absolute atomic E-state index is 4.17. The quantitative estimate of drug-likeness (QED) is 0.357. The fraction of sp³-hybridized carbons (Fsp3) is 1.00. The maximum Gasteiger partial charge on any atom is 0.0294 e. The first-order valence-corrected chi connectivity index (χ1v) is 2.55. The van der Waals surface area contributed by atoms with Crippen LogP contribution in [-0.4, -0.2) is 18.3 Å². The Kier molecular flexibility index (Phi) is 1.34. The summed E-state index contributed by atoms with van der Waals surface area (Å²) in [6.45, 7) is 1.98. The molecular weight excluding hydrogens is 96.1 g/mol. The Morgan fingerprint density at radius 2 is 1.83 bits per heavy atom. The van der Waals surface area contributed by atoms with Gasteiger partial charge in [-0.2, -0.15) is 12.6 Å². The van der Waals surface area contributed by atoms with Gasteiger partial charge in [-0.25, -0.2) is 0 Å². The molecule has 1 saturated heterocycles. The Morgan fingerprint density at radius 3 is 2.00 bits per heavy atom. The first-order chi connectivity index (χ1) is 2.89. The van der Waals surface area contributed by atoms with Gasteiger partial charge in [-0.15, -0.1) is 0 Å². The van der Waals surface area contributed by atoms with Gasteiger partial charge in [-0.1, -0.05) is 0 Å². The summed E-state index contributed by atoms with van der Waals surface area (Å²) < 4.78 is 0. The van der Waals surface area contributed by atoms with E-state index in [2.05, 4.69) is 23.5 Å². The van der Waals surface area contributed by atoms with Gasteiger partial charge in [-0.05, 0) is 0 Å². The molecule has 0 saturated carbocycles. The predicted molar refractivity (Wildman–Crippen MR) is 28.8 cm³/mol. The summed E-state index contributed by atoms with van der Waals surface area (Å²) in [5, 5.41) is 0.519. The summed E-state index contributed by atoms with van der Waals surface area (Å²) in [4.78, 5) is 0. The molecule has 0 aromatic carbocycles. The second-order valence-electron chi connectivity index (χ2n) is 1.42. The van der Waals surface area contributed by atoms with Gasteiger partial charge in [0.15, 0.2) is 0 Å². The van der Waals surface area contributed by atoms with E-state index in [4.69, 9.17) is 0 Å². The van der Waals surface area contributed by atoms with Crippen LogP contribution in [0.4, 0.5) is 0 Å². The Balaban J connectivity index is 2.18. The standard InChI is InChI=1S/C3H8N2S/c6-3-1-4-5-2-3/h3-6H,1-2H2. The fourth-order valence-corrected chi connectivity index (χ4v) is 0.635. The molecule has 0 aliphatic carbocycles. The normalized spacial score (nSPS) is 25.5. The van der Waals surface area contributed by atoms with E-state index in [1.165, 1.54) is 0 Å². The third-order valence-electron chi connectivity index (χ3n) is 0.800. The monoisotopic (exact) mass is 104 g/mol. The first kappa shape index (κ1) is 4.43. The van der Waals surface area contributed by atoms with Gasteiger partial charge >= 0.3 is 0 Å². The van der Waals surface area contributed by atoms with Gasteiger partial charge in [0.1, 0.15) is 0 Å². The molecule has 36 valence electrons. The molecule has 2 N–H and O–H groups in total. The Morgan fingerprint density at radius 1 is 1.33 bits per heavy atom. The largest absolute Gasteiger partial charge is 0.257 e. The van der Waals surface area contributed by atoms with Crippen LogP contribution in [0.25, 0.3) is 0 Å². The van der Waals surface area contributed by atoms with Crippen molar-refractivity contribution in [2.24, 2.45) is 0 Å². The second kappa shape index (κ2) is 1.82. The van der Waals surface area contributed by atoms with Crippen LogP contribution in [0.1, 0.15) is 0 Å². The molecule has 1 aliphatic rings. The lowest BCUT2D eigenvalue weighted by molar-refractivity contribution is 0.689. The van der Waals surface area contributed by atoms with Crippen molar-refractivity contribution in [3.8, 4) is 0 Å². The van der Waals surface area contributed by atoms with E-state index < -0.39 is 0 Å². The van der Waals surface area contributed by atoms with Gasteiger partial charge in [-0.3, -0.25) is 10.9 Å². The van der Waals surface area contributed by atoms with Crippen molar-refractivity contribution in [1.29, 1.82) is 0 Å². The lowest BCUT2D eigenvalue weighted by atomic mass is 10.5. The van der Waals surface area contributed by atoms with Crippen LogP contribution in [-0.2, 0) is 0 Å². The highest BCUT2D eigenvalue weighted by molar-refractivity contribution is 7.81. The van der Waals surface area contributed by atoms with E-state index in [1.807, 2.05) is 0 Å². The summed E-state index contributed by atoms with van der Waals surface area (Å²) in [6, 6.07) is 0. The summed E-state index contributed by atoms with van der Waals surface area (Å²) in [6.07, 6.45) is 0. The fourth-order valence-electron chi connectivity index (χ4n) is 0.452. The molecule has 0 radical (unpaired) electrons. The first-order valence-electron chi connectivity index (χ1n) is 2.03. The zero-order chi connectivity index (χ0) is 4.41. The molecule has 1 fully saturated rings. The molecule has 0 aromatic rings. The van der Waals surface area contributed by atoms with E-state index >= 15 is 0 Å². The summed E-state index contributed by atoms with van der Waals surface area (Å²) >= 11 is 4.17. The van der Waals surface area contributed by atoms with E-state index in [0.717, 1.165) is 13.1 Å². The third kappa shape index (κ3) is 0.864. The molecule has 0 spiro atoms.